The van der Waals surface area contributed by atoms with Crippen LogP contribution in [-0.4, -0.2) is 27.6 Å². The molecule has 0 aromatic heterocycles. The number of hydrogen-bond donors (Lipinski definition) is 1. The number of nitrogens with zero attached hydrogens (tertiary/aromatic N) is 1. The highest BCUT2D eigenvalue weighted by atomic mass is 16.6. The maximum atomic E-state index is 10.9. The molecule has 1 rings (SSSR count). The first-order chi connectivity index (χ1) is 9.26. The van der Waals surface area contributed by atoms with E-state index >= 15 is 0 Å². The van der Waals surface area contributed by atoms with Crippen LogP contribution in [0.1, 0.15) is 32.8 Å². The van der Waals surface area contributed by atoms with E-state index in [4.69, 9.17) is 9.84 Å². The third-order valence-electron chi connectivity index (χ3n) is 2.98. The summed E-state index contributed by atoms with van der Waals surface area (Å²) in [6.07, 6.45) is -0.210. The first kappa shape index (κ1) is 15.9. The lowest BCUT2D eigenvalue weighted by atomic mass is 9.96. The summed E-state index contributed by atoms with van der Waals surface area (Å²) in [7, 11) is 0. The number of hydrogen-bond acceptors (Lipinski definition) is 4. The summed E-state index contributed by atoms with van der Waals surface area (Å²) in [5, 5.41) is 19.8. The van der Waals surface area contributed by atoms with Gasteiger partial charge in [0, 0.05) is 25.2 Å². The summed E-state index contributed by atoms with van der Waals surface area (Å²) in [6, 6.07) is 6.71. The second kappa shape index (κ2) is 6.36. The highest BCUT2D eigenvalue weighted by Crippen LogP contribution is 2.20. The normalized spacial score (nSPS) is 12.8. The highest BCUT2D eigenvalue weighted by Gasteiger charge is 2.30. The molecule has 6 nitrogen and oxygen atoms in total. The Bertz CT molecular complexity index is 481. The van der Waals surface area contributed by atoms with Gasteiger partial charge in [-0.2, -0.15) is 0 Å². The summed E-state index contributed by atoms with van der Waals surface area (Å²) in [5.74, 6) is -0.562. The predicted octanol–water partition coefficient (Wildman–Crippen LogP) is 2.53. The maximum Gasteiger partial charge on any atom is 0.344 e. The van der Waals surface area contributed by atoms with E-state index in [1.807, 2.05) is 0 Å². The lowest BCUT2D eigenvalue weighted by Gasteiger charge is -2.16. The Hall–Kier alpha value is -2.11. The molecule has 1 unspecified atom stereocenters. The molecular weight excluding hydrogens is 262 g/mol. The van der Waals surface area contributed by atoms with Crippen LogP contribution in [0, 0.1) is 10.1 Å². The summed E-state index contributed by atoms with van der Waals surface area (Å²) in [4.78, 5) is 21.4. The zero-order valence-electron chi connectivity index (χ0n) is 11.8. The molecular formula is C14H19NO5. The second-order valence-corrected chi connectivity index (χ2v) is 5.24. The van der Waals surface area contributed by atoms with Gasteiger partial charge in [0.05, 0.1) is 0 Å². The molecule has 0 heterocycles. The van der Waals surface area contributed by atoms with Crippen LogP contribution in [-0.2, 0) is 11.2 Å². The minimum Gasteiger partial charge on any atom is -0.479 e. The van der Waals surface area contributed by atoms with Crippen LogP contribution in [0.3, 0.4) is 0 Å². The lowest BCUT2D eigenvalue weighted by molar-refractivity contribution is -0.560. The van der Waals surface area contributed by atoms with Crippen LogP contribution in [0.5, 0.6) is 5.75 Å². The third kappa shape index (κ3) is 4.22. The number of aliphatic carboxylic acids is 1. The van der Waals surface area contributed by atoms with E-state index in [2.05, 4.69) is 0 Å². The summed E-state index contributed by atoms with van der Waals surface area (Å²) in [6.45, 7) is 4.86. The third-order valence-corrected chi connectivity index (χ3v) is 2.98. The molecule has 0 bridgehead atoms. The SMILES string of the molecule is CCC(Oc1ccc(CC(C)(C)[N+](=O)[O-])cc1)C(=O)O. The smallest absolute Gasteiger partial charge is 0.344 e. The molecule has 0 aliphatic rings. The Balaban J connectivity index is 2.74. The molecule has 0 aliphatic heterocycles. The molecule has 0 radical (unpaired) electrons. The van der Waals surface area contributed by atoms with Crippen molar-refractivity contribution in [2.75, 3.05) is 0 Å². The molecule has 1 aromatic carbocycles. The molecule has 0 saturated heterocycles. The Labute approximate surface area is 117 Å². The summed E-state index contributed by atoms with van der Waals surface area (Å²) >= 11 is 0. The predicted molar refractivity (Wildman–Crippen MR) is 73.6 cm³/mol. The zero-order valence-corrected chi connectivity index (χ0v) is 11.8. The number of carboxylic acids is 1. The van der Waals surface area contributed by atoms with Crippen molar-refractivity contribution in [1.82, 2.24) is 0 Å². The quantitative estimate of drug-likeness (QED) is 0.612. The van der Waals surface area contributed by atoms with Gasteiger partial charge in [-0.1, -0.05) is 19.1 Å². The molecule has 0 aliphatic carbocycles. The number of benzene rings is 1. The van der Waals surface area contributed by atoms with E-state index < -0.39 is 17.6 Å². The average molecular weight is 281 g/mol. The van der Waals surface area contributed by atoms with E-state index in [-0.39, 0.29) is 4.92 Å². The van der Waals surface area contributed by atoms with E-state index in [1.54, 1.807) is 45.0 Å². The molecule has 20 heavy (non-hydrogen) atoms. The van der Waals surface area contributed by atoms with Gasteiger partial charge in [-0.25, -0.2) is 4.79 Å². The van der Waals surface area contributed by atoms with Crippen molar-refractivity contribution in [2.45, 2.75) is 45.3 Å². The van der Waals surface area contributed by atoms with Crippen molar-refractivity contribution in [3.05, 3.63) is 39.9 Å². The fraction of sp³-hybridized carbons (Fsp3) is 0.500. The minimum absolute atomic E-state index is 0.302. The molecule has 1 N–H and O–H groups in total. The van der Waals surface area contributed by atoms with Crippen molar-refractivity contribution in [3.8, 4) is 5.75 Å². The Morgan fingerprint density at radius 1 is 1.40 bits per heavy atom. The van der Waals surface area contributed by atoms with Crippen LogP contribution in [0.4, 0.5) is 0 Å². The van der Waals surface area contributed by atoms with Crippen molar-refractivity contribution >= 4 is 5.97 Å². The number of ether oxygens (including phenoxy) is 1. The van der Waals surface area contributed by atoms with Crippen LogP contribution in [0.15, 0.2) is 24.3 Å². The van der Waals surface area contributed by atoms with Crippen LogP contribution in [0.2, 0.25) is 0 Å². The van der Waals surface area contributed by atoms with Gasteiger partial charge in [0.15, 0.2) is 6.10 Å². The number of carboxylic acid groups (broad SMARTS) is 1. The number of carbonyl (C=O) groups is 1. The number of nitro groups is 1. The van der Waals surface area contributed by atoms with Gasteiger partial charge in [0.1, 0.15) is 5.75 Å². The molecule has 0 spiro atoms. The van der Waals surface area contributed by atoms with E-state index in [0.717, 1.165) is 5.56 Å². The molecule has 1 aromatic rings. The fourth-order valence-electron chi connectivity index (χ4n) is 1.72. The minimum atomic E-state index is -1.03. The first-order valence-electron chi connectivity index (χ1n) is 6.39. The lowest BCUT2D eigenvalue weighted by Crippen LogP contribution is -2.33. The first-order valence-corrected chi connectivity index (χ1v) is 6.39. The van der Waals surface area contributed by atoms with Gasteiger partial charge >= 0.3 is 5.97 Å². The summed E-state index contributed by atoms with van der Waals surface area (Å²) in [5.41, 5.74) is -0.225. The van der Waals surface area contributed by atoms with Crippen molar-refractivity contribution < 1.29 is 19.6 Å². The summed E-state index contributed by atoms with van der Waals surface area (Å²) < 4.78 is 5.32. The molecule has 1 atom stereocenters. The van der Waals surface area contributed by atoms with Crippen molar-refractivity contribution in [1.29, 1.82) is 0 Å². The van der Waals surface area contributed by atoms with Gasteiger partial charge in [0.25, 0.3) is 0 Å². The highest BCUT2D eigenvalue weighted by molar-refractivity contribution is 5.72. The molecule has 6 heteroatoms. The fourth-order valence-corrected chi connectivity index (χ4v) is 1.72. The van der Waals surface area contributed by atoms with E-state index in [0.29, 0.717) is 18.6 Å². The molecule has 0 saturated carbocycles. The van der Waals surface area contributed by atoms with Gasteiger partial charge < -0.3 is 9.84 Å². The standard InChI is InChI=1S/C14H19NO5/c1-4-12(13(16)17)20-11-7-5-10(6-8-11)9-14(2,3)15(18)19/h5-8,12H,4,9H2,1-3H3,(H,16,17). The van der Waals surface area contributed by atoms with Gasteiger partial charge in [-0.15, -0.1) is 0 Å². The molecule has 110 valence electrons. The van der Waals surface area contributed by atoms with Gasteiger partial charge in [0.2, 0.25) is 5.54 Å². The largest absolute Gasteiger partial charge is 0.479 e. The van der Waals surface area contributed by atoms with Crippen LogP contribution < -0.4 is 4.74 Å². The van der Waals surface area contributed by atoms with E-state index in [1.165, 1.54) is 0 Å². The Kier molecular flexibility index (Phi) is 5.07. The molecule has 0 fully saturated rings. The van der Waals surface area contributed by atoms with Crippen LogP contribution in [0.25, 0.3) is 0 Å². The Morgan fingerprint density at radius 2 is 1.95 bits per heavy atom. The average Bonchev–Trinajstić information content (AvgIpc) is 2.36. The molecule has 0 amide bonds. The van der Waals surface area contributed by atoms with Crippen LogP contribution >= 0.6 is 0 Å². The monoisotopic (exact) mass is 281 g/mol. The van der Waals surface area contributed by atoms with Crippen molar-refractivity contribution in [2.24, 2.45) is 0 Å². The Morgan fingerprint density at radius 3 is 2.35 bits per heavy atom. The van der Waals surface area contributed by atoms with Crippen molar-refractivity contribution in [3.63, 3.8) is 0 Å². The topological polar surface area (TPSA) is 89.7 Å². The second-order valence-electron chi connectivity index (χ2n) is 5.24. The number of rotatable bonds is 7. The van der Waals surface area contributed by atoms with Gasteiger partial charge in [-0.05, 0) is 24.1 Å². The van der Waals surface area contributed by atoms with E-state index in [9.17, 15) is 14.9 Å². The van der Waals surface area contributed by atoms with Gasteiger partial charge in [-0.3, -0.25) is 10.1 Å². The maximum absolute atomic E-state index is 10.9. The zero-order chi connectivity index (χ0) is 15.3.